The molecule has 6 heteroatoms. The third-order valence-electron chi connectivity index (χ3n) is 0. The zero-order valence-corrected chi connectivity index (χ0v) is 5.53. The zero-order valence-electron chi connectivity index (χ0n) is 2.62. The van der Waals surface area contributed by atoms with Crippen LogP contribution in [0.2, 0.25) is 0 Å². The fourth-order valence-corrected chi connectivity index (χ4v) is 0. The fourth-order valence-electron chi connectivity index (χ4n) is 0. The first-order valence-corrected chi connectivity index (χ1v) is 2.10. The molecule has 0 saturated carbocycles. The zero-order chi connectivity index (χ0) is 4.50. The van der Waals surface area contributed by atoms with E-state index in [0.717, 1.165) is 0 Å². The van der Waals surface area contributed by atoms with Gasteiger partial charge in [-0.2, -0.15) is 8.42 Å². The number of hydrogen-bond donors (Lipinski definition) is 2. The van der Waals surface area contributed by atoms with Crippen LogP contribution in [-0.4, -0.2) is 34.6 Å². The van der Waals surface area contributed by atoms with Crippen molar-refractivity contribution in [3.05, 3.63) is 0 Å². The van der Waals surface area contributed by atoms with Gasteiger partial charge in [-0.15, -0.1) is 0 Å². The van der Waals surface area contributed by atoms with Gasteiger partial charge in [-0.25, -0.2) is 0 Å². The second-order valence-electron chi connectivity index (χ2n) is 0.448. The van der Waals surface area contributed by atoms with E-state index in [1.807, 2.05) is 0 Å². The van der Waals surface area contributed by atoms with Gasteiger partial charge in [-0.3, -0.25) is 9.11 Å². The second kappa shape index (κ2) is 2.54. The Morgan fingerprint density at radius 2 is 1.17 bits per heavy atom. The summed E-state index contributed by atoms with van der Waals surface area (Å²) < 4.78 is 31.6. The Kier molecular flexibility index (Phi) is 4.08. The van der Waals surface area contributed by atoms with E-state index in [-0.39, 0.29) is 17.1 Å². The van der Waals surface area contributed by atoms with Crippen molar-refractivity contribution >= 4 is 27.5 Å². The van der Waals surface area contributed by atoms with Crippen molar-refractivity contribution in [1.82, 2.24) is 0 Å². The summed E-state index contributed by atoms with van der Waals surface area (Å²) in [6.07, 6.45) is 0. The van der Waals surface area contributed by atoms with Gasteiger partial charge >= 0.3 is 27.5 Å². The predicted molar refractivity (Wildman–Crippen MR) is 22.7 cm³/mol. The molecule has 0 fully saturated rings. The fraction of sp³-hybridized carbons (Fsp3) is 0. The van der Waals surface area contributed by atoms with Crippen LogP contribution in [0.15, 0.2) is 0 Å². The first kappa shape index (κ1) is 9.63. The standard InChI is InChI=1S/H2O4S.H2Se/c1-5(2,3)4;/h(H2,1,2,3,4);1H2. The molecule has 4 nitrogen and oxygen atoms in total. The van der Waals surface area contributed by atoms with Crippen LogP contribution in [0, 0.1) is 0 Å². The Bertz CT molecular complexity index is 90.7. The Labute approximate surface area is 45.6 Å². The Balaban J connectivity index is 0. The summed E-state index contributed by atoms with van der Waals surface area (Å²) in [5, 5.41) is 0. The van der Waals surface area contributed by atoms with Gasteiger partial charge in [0.1, 0.15) is 0 Å². The van der Waals surface area contributed by atoms with Crippen LogP contribution in [0.25, 0.3) is 0 Å². The van der Waals surface area contributed by atoms with E-state index in [4.69, 9.17) is 17.5 Å². The van der Waals surface area contributed by atoms with Crippen molar-refractivity contribution < 1.29 is 17.5 Å². The molecule has 0 aromatic rings. The Morgan fingerprint density at radius 1 is 1.17 bits per heavy atom. The van der Waals surface area contributed by atoms with Crippen LogP contribution in [0.3, 0.4) is 0 Å². The summed E-state index contributed by atoms with van der Waals surface area (Å²) in [5.41, 5.74) is 0. The minimum atomic E-state index is -4.67. The monoisotopic (exact) mass is 180 g/mol. The molecule has 0 bridgehead atoms. The molecule has 0 aliphatic rings. The summed E-state index contributed by atoms with van der Waals surface area (Å²) >= 11 is 0. The summed E-state index contributed by atoms with van der Waals surface area (Å²) in [7, 11) is -4.67. The van der Waals surface area contributed by atoms with Crippen LogP contribution in [-0.2, 0) is 10.4 Å². The maximum atomic E-state index is 8.74. The molecule has 0 rings (SSSR count). The minimum absolute atomic E-state index is 0. The van der Waals surface area contributed by atoms with Crippen LogP contribution >= 0.6 is 0 Å². The molecular formula is H4O4SSe. The van der Waals surface area contributed by atoms with Crippen LogP contribution in [0.5, 0.6) is 0 Å². The molecule has 0 aliphatic carbocycles. The first-order chi connectivity index (χ1) is 2.00. The van der Waals surface area contributed by atoms with Gasteiger partial charge in [-0.05, 0) is 0 Å². The normalized spacial score (nSPS) is 9.67. The molecule has 40 valence electrons. The Morgan fingerprint density at radius 3 is 1.17 bits per heavy atom. The van der Waals surface area contributed by atoms with E-state index in [2.05, 4.69) is 0 Å². The van der Waals surface area contributed by atoms with Crippen molar-refractivity contribution in [1.29, 1.82) is 0 Å². The molecule has 0 unspecified atom stereocenters. The third kappa shape index (κ3) is 332. The SMILES string of the molecule is O=S(=O)(O)O.[SeH2]. The molecule has 0 atom stereocenters. The van der Waals surface area contributed by atoms with Gasteiger partial charge in [0.2, 0.25) is 0 Å². The molecule has 2 N–H and O–H groups in total. The van der Waals surface area contributed by atoms with Crippen molar-refractivity contribution in [3.63, 3.8) is 0 Å². The van der Waals surface area contributed by atoms with Gasteiger partial charge < -0.3 is 0 Å². The van der Waals surface area contributed by atoms with E-state index in [1.165, 1.54) is 0 Å². The summed E-state index contributed by atoms with van der Waals surface area (Å²) in [4.78, 5) is 0. The molecule has 0 aromatic heterocycles. The van der Waals surface area contributed by atoms with Crippen LogP contribution in [0.4, 0.5) is 0 Å². The van der Waals surface area contributed by atoms with E-state index < -0.39 is 10.4 Å². The molecule has 0 radical (unpaired) electrons. The number of hydrogen-bond acceptors (Lipinski definition) is 2. The predicted octanol–water partition coefficient (Wildman–Crippen LogP) is -1.57. The van der Waals surface area contributed by atoms with Crippen molar-refractivity contribution in [2.24, 2.45) is 0 Å². The van der Waals surface area contributed by atoms with Crippen LogP contribution < -0.4 is 0 Å². The van der Waals surface area contributed by atoms with Crippen molar-refractivity contribution in [3.8, 4) is 0 Å². The first-order valence-electron chi connectivity index (χ1n) is 0.698. The van der Waals surface area contributed by atoms with Crippen molar-refractivity contribution in [2.75, 3.05) is 0 Å². The van der Waals surface area contributed by atoms with Gasteiger partial charge in [0.15, 0.2) is 0 Å². The quantitative estimate of drug-likeness (QED) is 0.348. The van der Waals surface area contributed by atoms with Gasteiger partial charge in [-0.1, -0.05) is 0 Å². The summed E-state index contributed by atoms with van der Waals surface area (Å²) in [5.74, 6) is 0. The molecule has 0 heterocycles. The van der Waals surface area contributed by atoms with Gasteiger partial charge in [0.05, 0.1) is 0 Å². The van der Waals surface area contributed by atoms with E-state index in [0.29, 0.717) is 0 Å². The van der Waals surface area contributed by atoms with Crippen LogP contribution in [0.1, 0.15) is 0 Å². The molecular weight excluding hydrogens is 175 g/mol. The van der Waals surface area contributed by atoms with Crippen molar-refractivity contribution in [2.45, 2.75) is 0 Å². The summed E-state index contributed by atoms with van der Waals surface area (Å²) in [6, 6.07) is 0. The molecule has 0 saturated heterocycles. The molecule has 0 spiro atoms. The van der Waals surface area contributed by atoms with Gasteiger partial charge in [0.25, 0.3) is 0 Å². The molecule has 6 heavy (non-hydrogen) atoms. The molecule has 0 aliphatic heterocycles. The number of rotatable bonds is 0. The second-order valence-corrected chi connectivity index (χ2v) is 1.34. The average Bonchev–Trinajstić information content (AvgIpc) is 0.722. The maximum absolute atomic E-state index is 8.74. The van der Waals surface area contributed by atoms with Gasteiger partial charge in [0, 0.05) is 0 Å². The molecule has 0 aromatic carbocycles. The third-order valence-corrected chi connectivity index (χ3v) is 0. The van der Waals surface area contributed by atoms with E-state index in [1.54, 1.807) is 0 Å². The van der Waals surface area contributed by atoms with E-state index in [9.17, 15) is 0 Å². The van der Waals surface area contributed by atoms with E-state index >= 15 is 0 Å². The summed E-state index contributed by atoms with van der Waals surface area (Å²) in [6.45, 7) is 0. The average molecular weight is 179 g/mol. The molecule has 0 amide bonds. The topological polar surface area (TPSA) is 74.6 Å². The Hall–Kier alpha value is 0.389.